The normalized spacial score (nSPS) is 17.7. The van der Waals surface area contributed by atoms with Crippen LogP contribution >= 0.6 is 23.2 Å². The summed E-state index contributed by atoms with van der Waals surface area (Å²) >= 11 is 12.5. The molecule has 1 atom stereocenters. The van der Waals surface area contributed by atoms with E-state index in [1.807, 2.05) is 30.3 Å². The van der Waals surface area contributed by atoms with Gasteiger partial charge in [0.25, 0.3) is 5.91 Å². The number of amides is 1. The van der Waals surface area contributed by atoms with Crippen molar-refractivity contribution in [3.05, 3.63) is 99.0 Å². The van der Waals surface area contributed by atoms with Crippen molar-refractivity contribution in [1.29, 1.82) is 0 Å². The summed E-state index contributed by atoms with van der Waals surface area (Å²) in [5.41, 5.74) is 1.14. The van der Waals surface area contributed by atoms with Gasteiger partial charge >= 0.3 is 0 Å². The SMILES string of the molecule is CC(C)c1ccc(C(=O)C[C@@]2(O)C(=O)N(Cc3ccccc3Cl)c3ccc(Cl)cc32)cc1. The number of benzene rings is 3. The molecule has 1 aliphatic rings. The van der Waals surface area contributed by atoms with Crippen molar-refractivity contribution in [2.75, 3.05) is 4.90 Å². The number of anilines is 1. The molecule has 0 spiro atoms. The molecule has 3 aromatic rings. The Hall–Kier alpha value is -2.66. The highest BCUT2D eigenvalue weighted by Gasteiger charge is 2.51. The van der Waals surface area contributed by atoms with Crippen LogP contribution in [0.3, 0.4) is 0 Å². The largest absolute Gasteiger partial charge is 0.375 e. The molecule has 0 aromatic heterocycles. The molecular weight excluding hydrogens is 445 g/mol. The van der Waals surface area contributed by atoms with Crippen LogP contribution in [0.25, 0.3) is 0 Å². The fourth-order valence-corrected chi connectivity index (χ4v) is 4.40. The van der Waals surface area contributed by atoms with Crippen LogP contribution < -0.4 is 4.90 Å². The van der Waals surface area contributed by atoms with Crippen molar-refractivity contribution in [1.82, 2.24) is 0 Å². The maximum atomic E-state index is 13.5. The summed E-state index contributed by atoms with van der Waals surface area (Å²) in [4.78, 5) is 28.0. The van der Waals surface area contributed by atoms with E-state index < -0.39 is 11.5 Å². The number of rotatable bonds is 6. The standard InChI is InChI=1S/C26H23Cl2NO3/c1-16(2)17-7-9-18(10-8-17)24(30)14-26(32)21-13-20(27)11-12-23(21)29(25(26)31)15-19-5-3-4-6-22(19)28/h3-13,16,32H,14-15H2,1-2H3/t26-/m0/s1. The van der Waals surface area contributed by atoms with Gasteiger partial charge in [0.15, 0.2) is 11.4 Å². The molecule has 0 bridgehead atoms. The minimum atomic E-state index is -2.00. The summed E-state index contributed by atoms with van der Waals surface area (Å²) in [5, 5.41) is 12.4. The highest BCUT2D eigenvalue weighted by Crippen LogP contribution is 2.45. The van der Waals surface area contributed by atoms with Gasteiger partial charge in [0, 0.05) is 21.2 Å². The average molecular weight is 468 g/mol. The molecule has 0 saturated heterocycles. The van der Waals surface area contributed by atoms with E-state index in [0.717, 1.165) is 11.1 Å². The first-order valence-electron chi connectivity index (χ1n) is 10.4. The Balaban J connectivity index is 1.68. The van der Waals surface area contributed by atoms with Crippen molar-refractivity contribution >= 4 is 40.6 Å². The Kier molecular flexibility index (Phi) is 6.13. The lowest BCUT2D eigenvalue weighted by Gasteiger charge is -2.23. The second kappa shape index (κ2) is 8.70. The summed E-state index contributed by atoms with van der Waals surface area (Å²) < 4.78 is 0. The van der Waals surface area contributed by atoms with Crippen molar-refractivity contribution in [3.8, 4) is 0 Å². The summed E-state index contributed by atoms with van der Waals surface area (Å²) in [6, 6.07) is 19.4. The van der Waals surface area contributed by atoms with Crippen LogP contribution in [0.1, 0.15) is 53.2 Å². The molecule has 1 heterocycles. The minimum absolute atomic E-state index is 0.173. The fourth-order valence-electron chi connectivity index (χ4n) is 4.04. The molecule has 0 aliphatic carbocycles. The summed E-state index contributed by atoms with van der Waals surface area (Å²) in [5.74, 6) is -0.546. The highest BCUT2D eigenvalue weighted by atomic mass is 35.5. The summed E-state index contributed by atoms with van der Waals surface area (Å²) in [6.07, 6.45) is -0.376. The predicted molar refractivity (Wildman–Crippen MR) is 127 cm³/mol. The van der Waals surface area contributed by atoms with E-state index in [-0.39, 0.29) is 18.7 Å². The smallest absolute Gasteiger partial charge is 0.264 e. The van der Waals surface area contributed by atoms with Crippen molar-refractivity contribution < 1.29 is 14.7 Å². The molecule has 0 fully saturated rings. The van der Waals surface area contributed by atoms with E-state index >= 15 is 0 Å². The molecule has 4 nitrogen and oxygen atoms in total. The van der Waals surface area contributed by atoms with E-state index in [1.54, 1.807) is 36.4 Å². The predicted octanol–water partition coefficient (Wildman–Crippen LogP) is 6.12. The molecule has 32 heavy (non-hydrogen) atoms. The van der Waals surface area contributed by atoms with Gasteiger partial charge in [-0.15, -0.1) is 0 Å². The number of hydrogen-bond acceptors (Lipinski definition) is 3. The second-order valence-corrected chi connectivity index (χ2v) is 9.22. The molecule has 4 rings (SSSR count). The van der Waals surface area contributed by atoms with Gasteiger partial charge in [0.1, 0.15) is 0 Å². The molecule has 0 saturated carbocycles. The first-order chi connectivity index (χ1) is 15.2. The van der Waals surface area contributed by atoms with Gasteiger partial charge in [0.05, 0.1) is 18.7 Å². The lowest BCUT2D eigenvalue weighted by atomic mass is 9.87. The lowest BCUT2D eigenvalue weighted by molar-refractivity contribution is -0.136. The molecule has 1 amide bonds. The van der Waals surface area contributed by atoms with Crippen LogP contribution in [0.2, 0.25) is 10.0 Å². The molecular formula is C26H23Cl2NO3. The van der Waals surface area contributed by atoms with Crippen molar-refractivity contribution in [2.45, 2.75) is 38.3 Å². The van der Waals surface area contributed by atoms with Crippen LogP contribution in [0, 0.1) is 0 Å². The third-order valence-corrected chi connectivity index (χ3v) is 6.50. The number of carbonyl (C=O) groups is 2. The topological polar surface area (TPSA) is 57.6 Å². The van der Waals surface area contributed by atoms with Gasteiger partial charge < -0.3 is 10.0 Å². The summed E-state index contributed by atoms with van der Waals surface area (Å²) in [7, 11) is 0. The van der Waals surface area contributed by atoms with Crippen LogP contribution in [0.15, 0.2) is 66.7 Å². The number of fused-ring (bicyclic) bond motifs is 1. The number of aliphatic hydroxyl groups is 1. The van der Waals surface area contributed by atoms with E-state index in [4.69, 9.17) is 23.2 Å². The van der Waals surface area contributed by atoms with E-state index in [9.17, 15) is 14.7 Å². The fraction of sp³-hybridized carbons (Fsp3) is 0.231. The Labute approximate surface area is 197 Å². The van der Waals surface area contributed by atoms with E-state index in [1.165, 1.54) is 4.90 Å². The number of hydrogen-bond donors (Lipinski definition) is 1. The van der Waals surface area contributed by atoms with Crippen LogP contribution in [-0.4, -0.2) is 16.8 Å². The van der Waals surface area contributed by atoms with Crippen molar-refractivity contribution in [2.24, 2.45) is 0 Å². The second-order valence-electron chi connectivity index (χ2n) is 8.38. The van der Waals surface area contributed by atoms with Gasteiger partial charge in [-0.25, -0.2) is 0 Å². The molecule has 0 unspecified atom stereocenters. The maximum Gasteiger partial charge on any atom is 0.264 e. The number of nitrogens with zero attached hydrogens (tertiary/aromatic N) is 1. The molecule has 6 heteroatoms. The molecule has 164 valence electrons. The molecule has 1 aliphatic heterocycles. The Bertz CT molecular complexity index is 1190. The number of Topliss-reactive ketones (excluding diaryl/α,β-unsaturated/α-hetero) is 1. The van der Waals surface area contributed by atoms with E-state index in [2.05, 4.69) is 13.8 Å². The van der Waals surface area contributed by atoms with Gasteiger partial charge in [-0.2, -0.15) is 0 Å². The monoisotopic (exact) mass is 467 g/mol. The quantitative estimate of drug-likeness (QED) is 0.443. The van der Waals surface area contributed by atoms with Gasteiger partial charge in [-0.3, -0.25) is 9.59 Å². The lowest BCUT2D eigenvalue weighted by Crippen LogP contribution is -2.41. The Morgan fingerprint density at radius 2 is 1.72 bits per heavy atom. The van der Waals surface area contributed by atoms with Crippen molar-refractivity contribution in [3.63, 3.8) is 0 Å². The van der Waals surface area contributed by atoms with Crippen LogP contribution in [-0.2, 0) is 16.9 Å². The van der Waals surface area contributed by atoms with Gasteiger partial charge in [-0.1, -0.05) is 79.5 Å². The molecule has 1 N–H and O–H groups in total. The Morgan fingerprint density at radius 3 is 2.38 bits per heavy atom. The third-order valence-electron chi connectivity index (χ3n) is 5.90. The van der Waals surface area contributed by atoms with Gasteiger partial charge in [-0.05, 0) is 41.3 Å². The van der Waals surface area contributed by atoms with E-state index in [0.29, 0.717) is 32.8 Å². The average Bonchev–Trinajstić information content (AvgIpc) is 2.96. The first-order valence-corrected chi connectivity index (χ1v) is 11.2. The highest BCUT2D eigenvalue weighted by molar-refractivity contribution is 6.31. The first kappa shape index (κ1) is 22.5. The van der Waals surface area contributed by atoms with Crippen LogP contribution in [0.4, 0.5) is 5.69 Å². The Morgan fingerprint density at radius 1 is 1.03 bits per heavy atom. The molecule has 0 radical (unpaired) electrons. The zero-order valence-electron chi connectivity index (χ0n) is 17.8. The number of carbonyl (C=O) groups excluding carboxylic acids is 2. The van der Waals surface area contributed by atoms with Crippen LogP contribution in [0.5, 0.6) is 0 Å². The number of ketones is 1. The zero-order valence-corrected chi connectivity index (χ0v) is 19.3. The minimum Gasteiger partial charge on any atom is -0.375 e. The molecule has 3 aromatic carbocycles. The van der Waals surface area contributed by atoms with Gasteiger partial charge in [0.2, 0.25) is 0 Å². The number of halogens is 2. The summed E-state index contributed by atoms with van der Waals surface area (Å²) in [6.45, 7) is 4.32. The zero-order chi connectivity index (χ0) is 23.0. The third kappa shape index (κ3) is 4.06. The maximum absolute atomic E-state index is 13.5.